The van der Waals surface area contributed by atoms with Gasteiger partial charge in [0, 0.05) is 11.6 Å². The van der Waals surface area contributed by atoms with Gasteiger partial charge in [-0.15, -0.1) is 10.6 Å². The number of fused-ring (bicyclic) bond motifs is 1. The molecule has 3 rings (SSSR count). The smallest absolute Gasteiger partial charge is 0.129 e. The molecule has 3 nitrogen and oxygen atoms in total. The molecule has 16 heavy (non-hydrogen) atoms. The predicted octanol–water partition coefficient (Wildman–Crippen LogP) is 2.82. The van der Waals surface area contributed by atoms with Crippen molar-refractivity contribution in [2.45, 2.75) is 12.8 Å². The van der Waals surface area contributed by atoms with Crippen molar-refractivity contribution in [3.05, 3.63) is 57.6 Å². The predicted molar refractivity (Wildman–Crippen MR) is 66.0 cm³/mol. The maximum atomic E-state index is 9.83. The average molecular weight is 235 g/mol. The second-order valence-corrected chi connectivity index (χ2v) is 5.96. The Kier molecular flexibility index (Phi) is 2.10. The molecule has 0 radical (unpaired) electrons. The summed E-state index contributed by atoms with van der Waals surface area (Å²) in [6.45, 7) is 0. The van der Waals surface area contributed by atoms with Crippen LogP contribution in [0.2, 0.25) is 0 Å². The third-order valence-electron chi connectivity index (χ3n) is 3.02. The van der Waals surface area contributed by atoms with Crippen molar-refractivity contribution in [1.29, 1.82) is 0 Å². The Morgan fingerprint density at radius 3 is 2.19 bits per heavy atom. The normalized spacial score (nSPS) is 23.1. The molecule has 0 unspecified atom stereocenters. The van der Waals surface area contributed by atoms with E-state index in [1.807, 2.05) is 12.1 Å². The van der Waals surface area contributed by atoms with E-state index >= 15 is 0 Å². The largest absolute Gasteiger partial charge is 0.347 e. The van der Waals surface area contributed by atoms with Crippen LogP contribution >= 0.6 is 10.6 Å². The van der Waals surface area contributed by atoms with Crippen LogP contribution in [0.25, 0.3) is 0 Å². The first kappa shape index (κ1) is 9.96. The molecule has 1 heterocycles. The number of hydrogen-bond acceptors (Lipinski definition) is 3. The Bertz CT molecular complexity index is 478. The monoisotopic (exact) mass is 235 g/mol. The topological polar surface area (TPSA) is 52.5 Å². The molecule has 1 aromatic rings. The quantitative estimate of drug-likeness (QED) is 0.648. The molecular weight excluding hydrogens is 222 g/mol. The van der Waals surface area contributed by atoms with Crippen LogP contribution in [0, 0.1) is 0 Å². The Morgan fingerprint density at radius 1 is 1.06 bits per heavy atom. The molecule has 0 amide bonds. The van der Waals surface area contributed by atoms with Crippen LogP contribution in [0.1, 0.15) is 11.1 Å². The van der Waals surface area contributed by atoms with Gasteiger partial charge in [-0.3, -0.25) is 9.11 Å². The molecule has 3 N–H and O–H groups in total. The van der Waals surface area contributed by atoms with E-state index in [2.05, 4.69) is 17.4 Å². The second kappa shape index (κ2) is 3.38. The van der Waals surface area contributed by atoms with Crippen LogP contribution in [-0.4, -0.2) is 9.11 Å². The standard InChI is InChI=1S/C12H13NO2S/c14-16(15)6-5-13-12(16)11-7-9-3-1-2-4-10(9)8-11/h1-6,13-15H,7-8H2. The van der Waals surface area contributed by atoms with Crippen molar-refractivity contribution in [1.82, 2.24) is 5.32 Å². The van der Waals surface area contributed by atoms with E-state index in [0.717, 1.165) is 18.4 Å². The Labute approximate surface area is 95.8 Å². The summed E-state index contributed by atoms with van der Waals surface area (Å²) >= 11 is 0. The van der Waals surface area contributed by atoms with Gasteiger partial charge < -0.3 is 5.32 Å². The Balaban J connectivity index is 2.00. The fourth-order valence-corrected chi connectivity index (χ4v) is 3.46. The molecular formula is C12H13NO2S. The molecule has 0 spiro atoms. The summed E-state index contributed by atoms with van der Waals surface area (Å²) in [4.78, 5) is 0. The van der Waals surface area contributed by atoms with E-state index in [1.165, 1.54) is 16.5 Å². The third kappa shape index (κ3) is 1.46. The summed E-state index contributed by atoms with van der Waals surface area (Å²) in [6, 6.07) is 8.23. The summed E-state index contributed by atoms with van der Waals surface area (Å²) in [7, 11) is -2.70. The minimum Gasteiger partial charge on any atom is -0.347 e. The zero-order valence-corrected chi connectivity index (χ0v) is 9.50. The van der Waals surface area contributed by atoms with Crippen molar-refractivity contribution >= 4 is 10.6 Å². The van der Waals surface area contributed by atoms with Crippen LogP contribution < -0.4 is 5.32 Å². The number of nitrogens with one attached hydrogen (secondary N) is 1. The van der Waals surface area contributed by atoms with Crippen molar-refractivity contribution in [3.8, 4) is 0 Å². The van der Waals surface area contributed by atoms with Crippen molar-refractivity contribution in [3.63, 3.8) is 0 Å². The molecule has 4 heteroatoms. The lowest BCUT2D eigenvalue weighted by Gasteiger charge is -2.26. The summed E-state index contributed by atoms with van der Waals surface area (Å²) in [5, 5.41) is 5.00. The Hall–Kier alpha value is -1.23. The average Bonchev–Trinajstić information content (AvgIpc) is 2.79. The molecule has 0 saturated carbocycles. The van der Waals surface area contributed by atoms with E-state index in [-0.39, 0.29) is 0 Å². The van der Waals surface area contributed by atoms with E-state index in [4.69, 9.17) is 0 Å². The zero-order valence-electron chi connectivity index (χ0n) is 8.68. The second-order valence-electron chi connectivity index (χ2n) is 4.09. The van der Waals surface area contributed by atoms with Crippen molar-refractivity contribution in [2.24, 2.45) is 0 Å². The number of allylic oxidation sites excluding steroid dienone is 1. The molecule has 1 aliphatic carbocycles. The van der Waals surface area contributed by atoms with Gasteiger partial charge in [0.25, 0.3) is 0 Å². The van der Waals surface area contributed by atoms with E-state index in [9.17, 15) is 9.11 Å². The first-order valence-corrected chi connectivity index (χ1v) is 6.78. The van der Waals surface area contributed by atoms with Crippen molar-refractivity contribution in [2.75, 3.05) is 0 Å². The molecule has 2 aliphatic rings. The highest BCUT2D eigenvalue weighted by molar-refractivity contribution is 8.30. The maximum absolute atomic E-state index is 9.83. The third-order valence-corrected chi connectivity index (χ3v) is 4.54. The first-order valence-electron chi connectivity index (χ1n) is 5.17. The summed E-state index contributed by atoms with van der Waals surface area (Å²) < 4.78 is 19.7. The van der Waals surface area contributed by atoms with Gasteiger partial charge in [0.15, 0.2) is 0 Å². The van der Waals surface area contributed by atoms with E-state index in [1.54, 1.807) is 6.20 Å². The van der Waals surface area contributed by atoms with Gasteiger partial charge in [-0.2, -0.15) is 0 Å². The van der Waals surface area contributed by atoms with Crippen LogP contribution in [0.4, 0.5) is 0 Å². The fraction of sp³-hybridized carbons (Fsp3) is 0.167. The van der Waals surface area contributed by atoms with Gasteiger partial charge in [0.05, 0.1) is 0 Å². The van der Waals surface area contributed by atoms with Gasteiger partial charge in [-0.25, -0.2) is 0 Å². The highest BCUT2D eigenvalue weighted by Crippen LogP contribution is 2.53. The molecule has 0 atom stereocenters. The van der Waals surface area contributed by atoms with Gasteiger partial charge in [0.1, 0.15) is 5.03 Å². The maximum Gasteiger partial charge on any atom is 0.129 e. The SMILES string of the molecule is OS1(O)C=CNC1=C1Cc2ccccc2C1. The Morgan fingerprint density at radius 2 is 1.69 bits per heavy atom. The number of hydrogen-bond donors (Lipinski definition) is 3. The van der Waals surface area contributed by atoms with Gasteiger partial charge in [-0.05, 0) is 29.5 Å². The van der Waals surface area contributed by atoms with Gasteiger partial charge in [-0.1, -0.05) is 24.3 Å². The lowest BCUT2D eigenvalue weighted by molar-refractivity contribution is 0.507. The minimum atomic E-state index is -2.70. The van der Waals surface area contributed by atoms with Gasteiger partial charge in [0.2, 0.25) is 0 Å². The molecule has 0 saturated heterocycles. The fourth-order valence-electron chi connectivity index (χ4n) is 2.26. The van der Waals surface area contributed by atoms with Gasteiger partial charge >= 0.3 is 0 Å². The number of benzene rings is 1. The van der Waals surface area contributed by atoms with Crippen LogP contribution in [-0.2, 0) is 12.8 Å². The molecule has 0 aromatic heterocycles. The lowest BCUT2D eigenvalue weighted by atomic mass is 10.1. The summed E-state index contributed by atoms with van der Waals surface area (Å²) in [6.07, 6.45) is 3.24. The van der Waals surface area contributed by atoms with Crippen molar-refractivity contribution < 1.29 is 9.11 Å². The first-order chi connectivity index (χ1) is 7.67. The minimum absolute atomic E-state index is 0.601. The van der Waals surface area contributed by atoms with E-state index < -0.39 is 10.6 Å². The molecule has 1 aliphatic heterocycles. The van der Waals surface area contributed by atoms with Crippen LogP contribution in [0.15, 0.2) is 46.5 Å². The lowest BCUT2D eigenvalue weighted by Crippen LogP contribution is -2.08. The van der Waals surface area contributed by atoms with E-state index in [0.29, 0.717) is 5.03 Å². The highest BCUT2D eigenvalue weighted by atomic mass is 32.3. The summed E-state index contributed by atoms with van der Waals surface area (Å²) in [5.74, 6) is 0. The molecule has 0 bridgehead atoms. The molecule has 0 fully saturated rings. The molecule has 1 aromatic carbocycles. The highest BCUT2D eigenvalue weighted by Gasteiger charge is 2.27. The van der Waals surface area contributed by atoms with Crippen LogP contribution in [0.5, 0.6) is 0 Å². The summed E-state index contributed by atoms with van der Waals surface area (Å²) in [5.41, 5.74) is 3.66. The molecule has 84 valence electrons. The zero-order chi connectivity index (χ0) is 11.2. The van der Waals surface area contributed by atoms with Crippen LogP contribution in [0.3, 0.4) is 0 Å². The number of rotatable bonds is 0.